The lowest BCUT2D eigenvalue weighted by Crippen LogP contribution is -2.36. The second-order valence-electron chi connectivity index (χ2n) is 4.11. The Morgan fingerprint density at radius 2 is 2.00 bits per heavy atom. The van der Waals surface area contributed by atoms with Crippen LogP contribution in [-0.4, -0.2) is 46.1 Å². The molecule has 0 bridgehead atoms. The van der Waals surface area contributed by atoms with Gasteiger partial charge in [-0.25, -0.2) is 17.2 Å². The molecule has 0 heterocycles. The summed E-state index contributed by atoms with van der Waals surface area (Å²) in [6.45, 7) is 0.623. The molecule has 0 aliphatic heterocycles. The first kappa shape index (κ1) is 17.0. The van der Waals surface area contributed by atoms with Gasteiger partial charge in [0.15, 0.2) is 0 Å². The Labute approximate surface area is 117 Å². The quantitative estimate of drug-likeness (QED) is 0.776. The number of nitrogens with zero attached hydrogens (tertiary/aromatic N) is 1. The van der Waals surface area contributed by atoms with Crippen LogP contribution in [0.5, 0.6) is 0 Å². The maximum atomic E-state index is 13.6. The van der Waals surface area contributed by atoms with E-state index in [1.165, 1.54) is 7.11 Å². The Morgan fingerprint density at radius 3 is 2.60 bits per heavy atom. The zero-order valence-electron chi connectivity index (χ0n) is 11.2. The molecule has 1 aromatic carbocycles. The van der Waals surface area contributed by atoms with Crippen molar-refractivity contribution in [1.29, 1.82) is 0 Å². The minimum Gasteiger partial charge on any atom is -0.383 e. The van der Waals surface area contributed by atoms with Crippen LogP contribution in [0.2, 0.25) is 0 Å². The zero-order chi connectivity index (χ0) is 15.2. The van der Waals surface area contributed by atoms with Gasteiger partial charge >= 0.3 is 0 Å². The van der Waals surface area contributed by atoms with E-state index >= 15 is 0 Å². The van der Waals surface area contributed by atoms with Gasteiger partial charge in [0.1, 0.15) is 16.5 Å². The van der Waals surface area contributed by atoms with E-state index in [9.17, 15) is 17.2 Å². The number of hydrogen-bond acceptors (Lipinski definition) is 4. The van der Waals surface area contributed by atoms with Crippen LogP contribution in [0, 0.1) is 11.6 Å². The van der Waals surface area contributed by atoms with Crippen molar-refractivity contribution >= 4 is 10.0 Å². The van der Waals surface area contributed by atoms with Gasteiger partial charge in [0, 0.05) is 20.2 Å². The average Bonchev–Trinajstić information content (AvgIpc) is 2.41. The van der Waals surface area contributed by atoms with Crippen LogP contribution in [0.3, 0.4) is 0 Å². The molecule has 1 rings (SSSR count). The van der Waals surface area contributed by atoms with Crippen LogP contribution in [0.25, 0.3) is 0 Å². The third-order valence-corrected chi connectivity index (χ3v) is 4.58. The van der Waals surface area contributed by atoms with Gasteiger partial charge in [-0.15, -0.1) is 0 Å². The van der Waals surface area contributed by atoms with E-state index in [4.69, 9.17) is 10.5 Å². The summed E-state index contributed by atoms with van der Waals surface area (Å²) in [6, 6.07) is 2.33. The summed E-state index contributed by atoms with van der Waals surface area (Å²) in [5, 5.41) is 0. The van der Waals surface area contributed by atoms with Gasteiger partial charge in [-0.05, 0) is 31.2 Å². The summed E-state index contributed by atoms with van der Waals surface area (Å²) in [5.74, 6) is -1.79. The molecule has 8 heteroatoms. The molecule has 114 valence electrons. The van der Waals surface area contributed by atoms with Crippen LogP contribution in [-0.2, 0) is 14.8 Å². The van der Waals surface area contributed by atoms with Gasteiger partial charge in [0.05, 0.1) is 6.61 Å². The summed E-state index contributed by atoms with van der Waals surface area (Å²) in [4.78, 5) is -0.675. The number of hydrogen-bond donors (Lipinski definition) is 1. The molecule has 0 aliphatic carbocycles. The van der Waals surface area contributed by atoms with Gasteiger partial charge in [-0.1, -0.05) is 0 Å². The van der Waals surface area contributed by atoms with Crippen LogP contribution in [0.1, 0.15) is 6.42 Å². The van der Waals surface area contributed by atoms with E-state index in [1.54, 1.807) is 0 Å². The molecule has 0 atom stereocenters. The predicted molar refractivity (Wildman–Crippen MR) is 70.7 cm³/mol. The van der Waals surface area contributed by atoms with Gasteiger partial charge in [-0.2, -0.15) is 4.31 Å². The van der Waals surface area contributed by atoms with Crippen molar-refractivity contribution in [3.63, 3.8) is 0 Å². The van der Waals surface area contributed by atoms with E-state index in [0.29, 0.717) is 19.0 Å². The Morgan fingerprint density at radius 1 is 1.30 bits per heavy atom. The highest BCUT2D eigenvalue weighted by atomic mass is 32.2. The molecule has 0 amide bonds. The average molecular weight is 308 g/mol. The van der Waals surface area contributed by atoms with Crippen molar-refractivity contribution in [2.75, 3.05) is 33.4 Å². The van der Waals surface area contributed by atoms with Crippen molar-refractivity contribution in [3.8, 4) is 0 Å². The standard InChI is InChI=1S/C12H18F2N2O3S/c1-19-8-7-16(6-2-5-15)20(17,18)12-9-10(13)3-4-11(12)14/h3-4,9H,2,5-8,15H2,1H3. The molecular formula is C12H18F2N2O3S. The normalized spacial score (nSPS) is 12.1. The molecular weight excluding hydrogens is 290 g/mol. The SMILES string of the molecule is COCCN(CCCN)S(=O)(=O)c1cc(F)ccc1F. The fraction of sp³-hybridized carbons (Fsp3) is 0.500. The highest BCUT2D eigenvalue weighted by Gasteiger charge is 2.27. The smallest absolute Gasteiger partial charge is 0.246 e. The molecule has 0 aromatic heterocycles. The summed E-state index contributed by atoms with van der Waals surface area (Å²) in [5.41, 5.74) is 5.35. The fourth-order valence-electron chi connectivity index (χ4n) is 1.63. The molecule has 0 radical (unpaired) electrons. The molecule has 0 saturated heterocycles. The minimum absolute atomic E-state index is 0.0504. The topological polar surface area (TPSA) is 72.6 Å². The Hall–Kier alpha value is -1.09. The van der Waals surface area contributed by atoms with Crippen LogP contribution in [0.15, 0.2) is 23.1 Å². The predicted octanol–water partition coefficient (Wildman–Crippen LogP) is 0.951. The first-order chi connectivity index (χ1) is 9.43. The van der Waals surface area contributed by atoms with Crippen molar-refractivity contribution in [1.82, 2.24) is 4.31 Å². The molecule has 5 nitrogen and oxygen atoms in total. The first-order valence-corrected chi connectivity index (χ1v) is 7.51. The number of nitrogens with two attached hydrogens (primary N) is 1. The molecule has 0 spiro atoms. The lowest BCUT2D eigenvalue weighted by atomic mass is 10.3. The summed E-state index contributed by atoms with van der Waals surface area (Å²) >= 11 is 0. The monoisotopic (exact) mass is 308 g/mol. The first-order valence-electron chi connectivity index (χ1n) is 6.07. The molecule has 20 heavy (non-hydrogen) atoms. The van der Waals surface area contributed by atoms with Crippen molar-refractivity contribution in [3.05, 3.63) is 29.8 Å². The number of halogens is 2. The number of sulfonamides is 1. The number of benzene rings is 1. The van der Waals surface area contributed by atoms with Gasteiger partial charge < -0.3 is 10.5 Å². The Bertz CT molecular complexity index is 530. The van der Waals surface area contributed by atoms with Crippen molar-refractivity contribution in [2.24, 2.45) is 5.73 Å². The van der Waals surface area contributed by atoms with Gasteiger partial charge in [0.25, 0.3) is 0 Å². The lowest BCUT2D eigenvalue weighted by Gasteiger charge is -2.22. The summed E-state index contributed by atoms with van der Waals surface area (Å²) < 4.78 is 57.3. The zero-order valence-corrected chi connectivity index (χ0v) is 12.0. The number of ether oxygens (including phenoxy) is 1. The molecule has 2 N–H and O–H groups in total. The maximum Gasteiger partial charge on any atom is 0.246 e. The maximum absolute atomic E-state index is 13.6. The third kappa shape index (κ3) is 4.20. The molecule has 0 aliphatic rings. The van der Waals surface area contributed by atoms with E-state index in [-0.39, 0.29) is 19.7 Å². The lowest BCUT2D eigenvalue weighted by molar-refractivity contribution is 0.178. The van der Waals surface area contributed by atoms with Crippen molar-refractivity contribution < 1.29 is 21.9 Å². The highest BCUT2D eigenvalue weighted by Crippen LogP contribution is 2.20. The van der Waals surface area contributed by atoms with Crippen LogP contribution < -0.4 is 5.73 Å². The molecule has 0 fully saturated rings. The van der Waals surface area contributed by atoms with E-state index in [2.05, 4.69) is 0 Å². The second kappa shape index (κ2) is 7.63. The Kier molecular flexibility index (Phi) is 6.47. The van der Waals surface area contributed by atoms with Gasteiger partial charge in [0.2, 0.25) is 10.0 Å². The molecule has 0 saturated carbocycles. The van der Waals surface area contributed by atoms with E-state index in [0.717, 1.165) is 16.4 Å². The van der Waals surface area contributed by atoms with Gasteiger partial charge in [-0.3, -0.25) is 0 Å². The van der Waals surface area contributed by atoms with E-state index in [1.807, 2.05) is 0 Å². The summed E-state index contributed by atoms with van der Waals surface area (Å²) in [7, 11) is -2.69. The highest BCUT2D eigenvalue weighted by molar-refractivity contribution is 7.89. The third-order valence-electron chi connectivity index (χ3n) is 2.67. The molecule has 0 unspecified atom stereocenters. The largest absolute Gasteiger partial charge is 0.383 e. The minimum atomic E-state index is -4.12. The fourth-order valence-corrected chi connectivity index (χ4v) is 3.17. The van der Waals surface area contributed by atoms with Crippen LogP contribution >= 0.6 is 0 Å². The second-order valence-corrected chi connectivity index (χ2v) is 6.02. The number of methoxy groups -OCH3 is 1. The number of rotatable bonds is 8. The summed E-state index contributed by atoms with van der Waals surface area (Å²) in [6.07, 6.45) is 0.417. The Balaban J connectivity index is 3.10. The van der Waals surface area contributed by atoms with Crippen LogP contribution in [0.4, 0.5) is 8.78 Å². The van der Waals surface area contributed by atoms with E-state index < -0.39 is 26.6 Å². The molecule has 1 aromatic rings. The van der Waals surface area contributed by atoms with Crippen molar-refractivity contribution in [2.45, 2.75) is 11.3 Å².